The number of hydrogen-bond donors (Lipinski definition) is 0. The van der Waals surface area contributed by atoms with Gasteiger partial charge in [-0.25, -0.2) is 0 Å². The molecule has 2 saturated heterocycles. The number of rotatable bonds is 5. The lowest BCUT2D eigenvalue weighted by Gasteiger charge is -2.24. The fourth-order valence-corrected chi connectivity index (χ4v) is 4.78. The molecule has 1 unspecified atom stereocenters. The molecule has 1 amide bonds. The molecule has 0 aliphatic carbocycles. The Balaban J connectivity index is 1.38. The van der Waals surface area contributed by atoms with Gasteiger partial charge in [0.1, 0.15) is 0 Å². The number of benzene rings is 1. The van der Waals surface area contributed by atoms with Crippen LogP contribution in [-0.4, -0.2) is 46.9 Å². The molecule has 2 fully saturated rings. The van der Waals surface area contributed by atoms with E-state index in [1.165, 1.54) is 5.56 Å². The van der Waals surface area contributed by atoms with Crippen LogP contribution < -0.4 is 0 Å². The lowest BCUT2D eigenvalue weighted by atomic mass is 9.85. The van der Waals surface area contributed by atoms with E-state index in [1.807, 2.05) is 23.1 Å². The second kappa shape index (κ2) is 7.78. The van der Waals surface area contributed by atoms with E-state index in [-0.39, 0.29) is 5.41 Å². The van der Waals surface area contributed by atoms with Crippen LogP contribution in [0, 0.1) is 5.41 Å². The summed E-state index contributed by atoms with van der Waals surface area (Å²) in [4.78, 5) is 21.5. The molecule has 142 valence electrons. The summed E-state index contributed by atoms with van der Waals surface area (Å²) in [7, 11) is 0. The molecule has 3 heterocycles. The second-order valence-corrected chi connectivity index (χ2v) is 8.41. The maximum Gasteiger partial charge on any atom is 0.230 e. The van der Waals surface area contributed by atoms with Crippen LogP contribution in [0.3, 0.4) is 0 Å². The second-order valence-electron chi connectivity index (χ2n) is 7.60. The van der Waals surface area contributed by atoms with Gasteiger partial charge in [0, 0.05) is 44.1 Å². The number of carbonyl (C=O) groups excluding carboxylic acids is 1. The fraction of sp³-hybridized carbons (Fsp3) is 0.429. The van der Waals surface area contributed by atoms with Gasteiger partial charge in [0.2, 0.25) is 5.91 Å². The third kappa shape index (κ3) is 3.84. The van der Waals surface area contributed by atoms with Crippen molar-refractivity contribution in [1.29, 1.82) is 0 Å². The van der Waals surface area contributed by atoms with E-state index in [9.17, 15) is 4.79 Å². The first-order valence-electron chi connectivity index (χ1n) is 9.41. The van der Waals surface area contributed by atoms with Gasteiger partial charge in [-0.1, -0.05) is 53.5 Å². The largest absolute Gasteiger partial charge is 0.342 e. The van der Waals surface area contributed by atoms with Crippen molar-refractivity contribution in [3.63, 3.8) is 0 Å². The average molecular weight is 404 g/mol. The lowest BCUT2D eigenvalue weighted by molar-refractivity contribution is -0.135. The first kappa shape index (κ1) is 18.7. The molecule has 0 radical (unpaired) electrons. The van der Waals surface area contributed by atoms with Crippen molar-refractivity contribution in [2.75, 3.05) is 26.2 Å². The Bertz CT molecular complexity index is 809. The molecule has 2 aromatic rings. The zero-order valence-corrected chi connectivity index (χ0v) is 16.7. The topological polar surface area (TPSA) is 36.4 Å². The molecule has 4 rings (SSSR count). The smallest absolute Gasteiger partial charge is 0.230 e. The van der Waals surface area contributed by atoms with Crippen LogP contribution >= 0.6 is 23.2 Å². The summed E-state index contributed by atoms with van der Waals surface area (Å²) in [5.41, 5.74) is 1.95. The average Bonchev–Trinajstić information content (AvgIpc) is 3.22. The minimum absolute atomic E-state index is 0.233. The van der Waals surface area contributed by atoms with Crippen LogP contribution in [0.15, 0.2) is 42.7 Å². The van der Waals surface area contributed by atoms with Crippen LogP contribution in [0.25, 0.3) is 0 Å². The predicted octanol–water partition coefficient (Wildman–Crippen LogP) is 4.06. The van der Waals surface area contributed by atoms with E-state index in [0.717, 1.165) is 51.0 Å². The van der Waals surface area contributed by atoms with E-state index in [0.29, 0.717) is 22.5 Å². The van der Waals surface area contributed by atoms with Gasteiger partial charge in [0.15, 0.2) is 0 Å². The first-order chi connectivity index (χ1) is 13.1. The molecule has 6 heteroatoms. The third-order valence-corrected chi connectivity index (χ3v) is 6.53. The van der Waals surface area contributed by atoms with Crippen LogP contribution in [0.2, 0.25) is 10.0 Å². The Hall–Kier alpha value is -1.62. The van der Waals surface area contributed by atoms with Gasteiger partial charge in [-0.05, 0) is 31.4 Å². The molecule has 0 N–H and O–H groups in total. The van der Waals surface area contributed by atoms with Gasteiger partial charge in [0.05, 0.1) is 15.5 Å². The van der Waals surface area contributed by atoms with Gasteiger partial charge >= 0.3 is 0 Å². The number of pyridine rings is 1. The van der Waals surface area contributed by atoms with Gasteiger partial charge in [-0.2, -0.15) is 0 Å². The molecular weight excluding hydrogens is 381 g/mol. The number of amides is 1. The molecule has 1 spiro atoms. The van der Waals surface area contributed by atoms with Gasteiger partial charge in [-0.15, -0.1) is 0 Å². The Morgan fingerprint density at radius 1 is 1.04 bits per heavy atom. The van der Waals surface area contributed by atoms with Crippen molar-refractivity contribution in [3.8, 4) is 0 Å². The van der Waals surface area contributed by atoms with E-state index in [2.05, 4.69) is 22.0 Å². The highest BCUT2D eigenvalue weighted by Gasteiger charge is 2.50. The Labute approximate surface area is 170 Å². The Kier molecular flexibility index (Phi) is 5.40. The van der Waals surface area contributed by atoms with Crippen LogP contribution in [0.4, 0.5) is 0 Å². The normalized spacial score (nSPS) is 22.9. The first-order valence-corrected chi connectivity index (χ1v) is 10.2. The number of hydrogen-bond acceptors (Lipinski definition) is 3. The number of carbonyl (C=O) groups is 1. The van der Waals surface area contributed by atoms with Crippen molar-refractivity contribution >= 4 is 29.1 Å². The Morgan fingerprint density at radius 3 is 2.48 bits per heavy atom. The number of likely N-dealkylation sites (tertiary alicyclic amines) is 2. The molecule has 1 aromatic heterocycles. The summed E-state index contributed by atoms with van der Waals surface area (Å²) in [6, 6.07) is 10.4. The molecular formula is C21H23Cl2N3O. The Morgan fingerprint density at radius 2 is 1.74 bits per heavy atom. The zero-order valence-electron chi connectivity index (χ0n) is 15.2. The summed E-state index contributed by atoms with van der Waals surface area (Å²) in [5, 5.41) is 1.18. The predicted molar refractivity (Wildman–Crippen MR) is 108 cm³/mol. The summed E-state index contributed by atoms with van der Waals surface area (Å²) in [6.45, 7) is 4.00. The van der Waals surface area contributed by atoms with Crippen LogP contribution in [0.1, 0.15) is 24.0 Å². The molecule has 2 aliphatic heterocycles. The summed E-state index contributed by atoms with van der Waals surface area (Å²) in [6.07, 6.45) is 6.01. The third-order valence-electron chi connectivity index (χ3n) is 5.88. The molecule has 4 nitrogen and oxygen atoms in total. The minimum atomic E-state index is -0.233. The minimum Gasteiger partial charge on any atom is -0.342 e. The van der Waals surface area contributed by atoms with Crippen molar-refractivity contribution < 1.29 is 4.79 Å². The molecule has 2 aliphatic rings. The van der Waals surface area contributed by atoms with E-state index in [1.54, 1.807) is 12.4 Å². The molecule has 1 atom stereocenters. The van der Waals surface area contributed by atoms with Crippen molar-refractivity contribution in [2.45, 2.75) is 25.8 Å². The molecule has 1 aromatic carbocycles. The van der Waals surface area contributed by atoms with Crippen molar-refractivity contribution in [1.82, 2.24) is 14.8 Å². The standard InChI is InChI=1S/C21H23Cl2N3O/c22-18-12-24-13-19(23)17(18)14-25-10-7-21(15-25)8-11-26(20(21)27)9-6-16-4-2-1-3-5-16/h1-5,12-13H,6-11,14-15H2. The molecule has 27 heavy (non-hydrogen) atoms. The zero-order chi connectivity index (χ0) is 18.9. The van der Waals surface area contributed by atoms with E-state index >= 15 is 0 Å². The maximum absolute atomic E-state index is 13.1. The van der Waals surface area contributed by atoms with E-state index in [4.69, 9.17) is 23.2 Å². The van der Waals surface area contributed by atoms with Crippen LogP contribution in [-0.2, 0) is 17.8 Å². The van der Waals surface area contributed by atoms with Gasteiger partial charge in [0.25, 0.3) is 0 Å². The molecule has 0 bridgehead atoms. The fourth-order valence-electron chi connectivity index (χ4n) is 4.30. The lowest BCUT2D eigenvalue weighted by Crippen LogP contribution is -2.37. The highest BCUT2D eigenvalue weighted by atomic mass is 35.5. The quantitative estimate of drug-likeness (QED) is 0.754. The SMILES string of the molecule is O=C1N(CCc2ccccc2)CCC12CCN(Cc1c(Cl)cncc1Cl)C2. The number of halogens is 2. The van der Waals surface area contributed by atoms with Gasteiger partial charge in [-0.3, -0.25) is 14.7 Å². The highest BCUT2D eigenvalue weighted by molar-refractivity contribution is 6.35. The number of aromatic nitrogens is 1. The monoisotopic (exact) mass is 403 g/mol. The summed E-state index contributed by atoms with van der Waals surface area (Å²) >= 11 is 12.5. The highest BCUT2D eigenvalue weighted by Crippen LogP contribution is 2.41. The summed E-state index contributed by atoms with van der Waals surface area (Å²) < 4.78 is 0. The van der Waals surface area contributed by atoms with E-state index < -0.39 is 0 Å². The summed E-state index contributed by atoms with van der Waals surface area (Å²) in [5.74, 6) is 0.313. The molecule has 0 saturated carbocycles. The van der Waals surface area contributed by atoms with Crippen molar-refractivity contribution in [2.24, 2.45) is 5.41 Å². The van der Waals surface area contributed by atoms with Crippen molar-refractivity contribution in [3.05, 3.63) is 63.9 Å². The maximum atomic E-state index is 13.1. The van der Waals surface area contributed by atoms with Crippen LogP contribution in [0.5, 0.6) is 0 Å². The van der Waals surface area contributed by atoms with Gasteiger partial charge < -0.3 is 4.90 Å². The number of nitrogens with zero attached hydrogens (tertiary/aromatic N) is 3.